The Bertz CT molecular complexity index is 1070. The summed E-state index contributed by atoms with van der Waals surface area (Å²) in [4.78, 5) is 25.4. The lowest BCUT2D eigenvalue weighted by molar-refractivity contribution is -0.138. The van der Waals surface area contributed by atoms with Crippen LogP contribution in [0.5, 0.6) is 11.5 Å². The van der Waals surface area contributed by atoms with Crippen LogP contribution in [0, 0.1) is 5.92 Å². The number of carbonyl (C=O) groups is 2. The van der Waals surface area contributed by atoms with Crippen molar-refractivity contribution in [1.29, 1.82) is 0 Å². The lowest BCUT2D eigenvalue weighted by Crippen LogP contribution is -2.65. The first kappa shape index (κ1) is 32.6. The molecule has 0 aromatic heterocycles. The van der Waals surface area contributed by atoms with E-state index in [0.29, 0.717) is 24.8 Å². The summed E-state index contributed by atoms with van der Waals surface area (Å²) in [7, 11) is 3.91. The predicted octanol–water partition coefficient (Wildman–Crippen LogP) is 8.04. The van der Waals surface area contributed by atoms with Crippen molar-refractivity contribution in [1.82, 2.24) is 4.90 Å². The second kappa shape index (κ2) is 15.9. The smallest absolute Gasteiger partial charge is 0.303 e. The number of nitrogens with zero attached hydrogens (tertiary/aromatic N) is 1. The molecule has 2 fully saturated rings. The Morgan fingerprint density at radius 1 is 1.05 bits per heavy atom. The number of hydrogen-bond acceptors (Lipinski definition) is 5. The quantitative estimate of drug-likeness (QED) is 0.157. The average Bonchev–Trinajstić information content (AvgIpc) is 3.34. The number of aliphatic carboxylic acids is 1. The first-order chi connectivity index (χ1) is 20.4. The molecular formula is C36H55NO5. The highest BCUT2D eigenvalue weighted by molar-refractivity contribution is 5.89. The highest BCUT2D eigenvalue weighted by Gasteiger charge is 2.65. The van der Waals surface area contributed by atoms with Gasteiger partial charge in [-0.15, -0.1) is 0 Å². The fourth-order valence-electron chi connectivity index (χ4n) is 8.02. The number of unbranched alkanes of at least 4 members (excludes halogenated alkanes) is 11. The molecule has 2 aliphatic heterocycles. The van der Waals surface area contributed by atoms with Crippen LogP contribution in [0.3, 0.4) is 0 Å². The van der Waals surface area contributed by atoms with Crippen molar-refractivity contribution in [2.45, 2.75) is 140 Å². The van der Waals surface area contributed by atoms with Gasteiger partial charge in [0, 0.05) is 29.9 Å². The first-order valence-electron chi connectivity index (χ1n) is 16.9. The summed E-state index contributed by atoms with van der Waals surface area (Å²) in [6.45, 7) is 3.30. The number of piperidine rings is 1. The van der Waals surface area contributed by atoms with Crippen LogP contribution < -0.4 is 9.47 Å². The maximum Gasteiger partial charge on any atom is 0.303 e. The summed E-state index contributed by atoms with van der Waals surface area (Å²) in [5.41, 5.74) is 2.57. The molecule has 6 heteroatoms. The predicted molar refractivity (Wildman–Crippen MR) is 169 cm³/mol. The van der Waals surface area contributed by atoms with Crippen molar-refractivity contribution in [2.24, 2.45) is 5.92 Å². The lowest BCUT2D eigenvalue weighted by Gasteiger charge is -2.57. The Hall–Kier alpha value is -2.34. The van der Waals surface area contributed by atoms with E-state index in [4.69, 9.17) is 14.6 Å². The molecule has 0 amide bonds. The van der Waals surface area contributed by atoms with Crippen LogP contribution in [-0.4, -0.2) is 54.6 Å². The van der Waals surface area contributed by atoms with E-state index in [1.807, 2.05) is 6.07 Å². The minimum Gasteiger partial charge on any atom is -0.493 e. The Balaban J connectivity index is 0.000000195. The largest absolute Gasteiger partial charge is 0.493 e. The van der Waals surface area contributed by atoms with Crippen LogP contribution in [0.2, 0.25) is 0 Å². The Labute approximate surface area is 254 Å². The Morgan fingerprint density at radius 2 is 1.71 bits per heavy atom. The standard InChI is InChI=1S/C18H21NO3.C18H34O2/c1-19-8-7-18-11-4-5-13(20)17(18)22-16-14(21-2)6-3-10(15(16)18)9-12(11)19;1-2-3-4-5-6-7-8-9-10-11-12-13-14-15-16-17-18(19)20/h3,6,11-12,17H,4-5,7-9H2,1-2H3;9-10H,2-8,11-17H2,1H3,(H,19,20)/t11-,12+,17-,18-;/m0./s1. The van der Waals surface area contributed by atoms with Gasteiger partial charge in [0.25, 0.3) is 0 Å². The summed E-state index contributed by atoms with van der Waals surface area (Å²) < 4.78 is 11.8. The maximum atomic E-state index is 12.6. The van der Waals surface area contributed by atoms with Gasteiger partial charge in [-0.2, -0.15) is 0 Å². The van der Waals surface area contributed by atoms with Crippen molar-refractivity contribution < 1.29 is 24.2 Å². The first-order valence-corrected chi connectivity index (χ1v) is 16.9. The molecule has 6 nitrogen and oxygen atoms in total. The highest BCUT2D eigenvalue weighted by Crippen LogP contribution is 2.63. The number of carboxylic acids is 1. The molecule has 2 aliphatic carbocycles. The molecule has 5 rings (SSSR count). The molecule has 42 heavy (non-hydrogen) atoms. The maximum absolute atomic E-state index is 12.6. The zero-order chi connectivity index (χ0) is 30.0. The fourth-order valence-corrected chi connectivity index (χ4v) is 8.02. The topological polar surface area (TPSA) is 76.1 Å². The molecule has 4 aliphatic rings. The number of ketones is 1. The van der Waals surface area contributed by atoms with E-state index < -0.39 is 5.97 Å². The van der Waals surface area contributed by atoms with Gasteiger partial charge in [0.2, 0.25) is 0 Å². The van der Waals surface area contributed by atoms with E-state index in [1.165, 1.54) is 81.8 Å². The molecule has 2 bridgehead atoms. The SMILES string of the molecule is CCCCCCCCC=CCCCCCCCC(=O)O.COc1ccc2c3c1O[C@H]1C(=O)CC[C@H]4[C@@H](C2)N(C)CC[C@]314. The van der Waals surface area contributed by atoms with Gasteiger partial charge >= 0.3 is 5.97 Å². The van der Waals surface area contributed by atoms with Crippen LogP contribution in [-0.2, 0) is 21.4 Å². The van der Waals surface area contributed by atoms with Gasteiger partial charge in [0.05, 0.1) is 7.11 Å². The number of likely N-dealkylation sites (N-methyl/N-ethyl adjacent to an activating group) is 1. The summed E-state index contributed by atoms with van der Waals surface area (Å²) in [5, 5.41) is 8.51. The van der Waals surface area contributed by atoms with E-state index in [2.05, 4.69) is 37.1 Å². The zero-order valence-electron chi connectivity index (χ0n) is 26.5. The molecule has 0 unspecified atom stereocenters. The molecule has 2 heterocycles. The molecule has 1 saturated heterocycles. The number of allylic oxidation sites excluding steroid dienone is 2. The van der Waals surface area contributed by atoms with Gasteiger partial charge in [0.15, 0.2) is 23.4 Å². The van der Waals surface area contributed by atoms with Gasteiger partial charge in [-0.05, 0) is 82.5 Å². The fraction of sp³-hybridized carbons (Fsp3) is 0.722. The third kappa shape index (κ3) is 7.41. The third-order valence-electron chi connectivity index (χ3n) is 10.2. The molecule has 1 N–H and O–H groups in total. The number of Topliss-reactive ketones (excluding diaryl/α,β-unsaturated/α-hetero) is 1. The minimum atomic E-state index is -0.664. The van der Waals surface area contributed by atoms with Crippen molar-refractivity contribution >= 4 is 11.8 Å². The number of rotatable bonds is 16. The van der Waals surface area contributed by atoms with Crippen molar-refractivity contribution in [2.75, 3.05) is 20.7 Å². The Morgan fingerprint density at radius 3 is 2.38 bits per heavy atom. The van der Waals surface area contributed by atoms with Gasteiger partial charge in [-0.1, -0.05) is 76.5 Å². The number of carbonyl (C=O) groups excluding carboxylic acids is 1. The lowest BCUT2D eigenvalue weighted by atomic mass is 9.52. The number of hydrogen-bond donors (Lipinski definition) is 1. The van der Waals surface area contributed by atoms with E-state index in [1.54, 1.807) is 7.11 Å². The second-order valence-corrected chi connectivity index (χ2v) is 13.0. The molecule has 0 radical (unpaired) electrons. The number of likely N-dealkylation sites (tertiary alicyclic amines) is 1. The van der Waals surface area contributed by atoms with E-state index in [0.717, 1.165) is 50.1 Å². The molecule has 4 atom stereocenters. The molecule has 1 saturated carbocycles. The van der Waals surface area contributed by atoms with Crippen LogP contribution in [0.25, 0.3) is 0 Å². The summed E-state index contributed by atoms with van der Waals surface area (Å²) in [6, 6.07) is 4.73. The van der Waals surface area contributed by atoms with Crippen molar-refractivity contribution in [3.05, 3.63) is 35.4 Å². The molecule has 1 spiro atoms. The van der Waals surface area contributed by atoms with Gasteiger partial charge in [-0.25, -0.2) is 0 Å². The molecule has 234 valence electrons. The zero-order valence-corrected chi connectivity index (χ0v) is 26.5. The van der Waals surface area contributed by atoms with Gasteiger partial charge in [-0.3, -0.25) is 9.59 Å². The Kier molecular flexibility index (Phi) is 12.4. The minimum absolute atomic E-state index is 0.0933. The van der Waals surface area contributed by atoms with Crippen LogP contribution in [0.15, 0.2) is 24.3 Å². The summed E-state index contributed by atoms with van der Waals surface area (Å²) >= 11 is 0. The van der Waals surface area contributed by atoms with Crippen LogP contribution in [0.4, 0.5) is 0 Å². The summed E-state index contributed by atoms with van der Waals surface area (Å²) in [6.07, 6.45) is 24.7. The molecule has 1 aromatic rings. The van der Waals surface area contributed by atoms with Gasteiger partial charge < -0.3 is 19.5 Å². The number of methoxy groups -OCH3 is 1. The van der Waals surface area contributed by atoms with E-state index in [9.17, 15) is 9.59 Å². The third-order valence-corrected chi connectivity index (χ3v) is 10.2. The van der Waals surface area contributed by atoms with Crippen molar-refractivity contribution in [3.8, 4) is 11.5 Å². The van der Waals surface area contributed by atoms with Crippen LogP contribution >= 0.6 is 0 Å². The average molecular weight is 582 g/mol. The molecule has 1 aromatic carbocycles. The van der Waals surface area contributed by atoms with Gasteiger partial charge in [0.1, 0.15) is 0 Å². The number of ether oxygens (including phenoxy) is 2. The molecular weight excluding hydrogens is 526 g/mol. The summed E-state index contributed by atoms with van der Waals surface area (Å²) in [5.74, 6) is 1.79. The van der Waals surface area contributed by atoms with E-state index >= 15 is 0 Å². The highest BCUT2D eigenvalue weighted by atomic mass is 16.5. The monoisotopic (exact) mass is 581 g/mol. The second-order valence-electron chi connectivity index (χ2n) is 13.0. The normalized spacial score (nSPS) is 25.5. The number of benzene rings is 1. The van der Waals surface area contributed by atoms with Crippen LogP contribution in [0.1, 0.15) is 127 Å². The van der Waals surface area contributed by atoms with E-state index in [-0.39, 0.29) is 17.3 Å². The number of carboxylic acid groups (broad SMARTS) is 1. The van der Waals surface area contributed by atoms with Crippen molar-refractivity contribution in [3.63, 3.8) is 0 Å².